The summed E-state index contributed by atoms with van der Waals surface area (Å²) in [6.07, 6.45) is 2.25. The first kappa shape index (κ1) is 23.8. The molecular formula is C21H19ClF2N6O3S. The highest BCUT2D eigenvalue weighted by atomic mass is 35.5. The second kappa shape index (κ2) is 8.78. The van der Waals surface area contributed by atoms with Crippen LogP contribution in [-0.4, -0.2) is 34.0 Å². The normalized spacial score (nSPS) is 12.8. The molecule has 9 nitrogen and oxygen atoms in total. The topological polar surface area (TPSA) is 125 Å². The van der Waals surface area contributed by atoms with Crippen LogP contribution >= 0.6 is 11.6 Å². The zero-order valence-electron chi connectivity index (χ0n) is 18.0. The largest absolute Gasteiger partial charge is 0.321 e. The van der Waals surface area contributed by atoms with Crippen molar-refractivity contribution in [2.45, 2.75) is 12.5 Å². The van der Waals surface area contributed by atoms with E-state index in [-0.39, 0.29) is 34.0 Å². The third-order valence-electron chi connectivity index (χ3n) is 5.02. The van der Waals surface area contributed by atoms with E-state index < -0.39 is 33.3 Å². The summed E-state index contributed by atoms with van der Waals surface area (Å²) < 4.78 is 55.8. The fraction of sp³-hybridized carbons (Fsp3) is 0.190. The molecule has 34 heavy (non-hydrogen) atoms. The number of benzene rings is 2. The summed E-state index contributed by atoms with van der Waals surface area (Å²) in [5.41, 5.74) is 6.78. The lowest BCUT2D eigenvalue weighted by atomic mass is 10.0. The molecule has 0 aliphatic heterocycles. The lowest BCUT2D eigenvalue weighted by Gasteiger charge is -2.18. The Labute approximate surface area is 197 Å². The molecule has 2 aromatic carbocycles. The summed E-state index contributed by atoms with van der Waals surface area (Å²) >= 11 is 6.36. The van der Waals surface area contributed by atoms with Crippen LogP contribution in [0.25, 0.3) is 16.6 Å². The van der Waals surface area contributed by atoms with Crippen molar-refractivity contribution in [1.29, 1.82) is 0 Å². The molecule has 0 bridgehead atoms. The minimum atomic E-state index is -3.67. The molecule has 13 heteroatoms. The van der Waals surface area contributed by atoms with E-state index in [1.54, 1.807) is 13.1 Å². The molecule has 0 radical (unpaired) electrons. The predicted octanol–water partition coefficient (Wildman–Crippen LogP) is 2.66. The van der Waals surface area contributed by atoms with E-state index in [0.29, 0.717) is 11.2 Å². The monoisotopic (exact) mass is 508 g/mol. The van der Waals surface area contributed by atoms with Gasteiger partial charge in [0.25, 0.3) is 5.56 Å². The average Bonchev–Trinajstić information content (AvgIpc) is 3.03. The highest BCUT2D eigenvalue weighted by Crippen LogP contribution is 2.34. The number of hydrogen-bond acceptors (Lipinski definition) is 6. The van der Waals surface area contributed by atoms with Gasteiger partial charge >= 0.3 is 0 Å². The van der Waals surface area contributed by atoms with Crippen molar-refractivity contribution in [2.75, 3.05) is 11.0 Å². The van der Waals surface area contributed by atoms with Crippen LogP contribution in [0, 0.1) is 11.6 Å². The summed E-state index contributed by atoms with van der Waals surface area (Å²) in [6, 6.07) is 6.41. The van der Waals surface area contributed by atoms with Gasteiger partial charge in [-0.05, 0) is 36.2 Å². The first-order chi connectivity index (χ1) is 15.9. The minimum absolute atomic E-state index is 0.00582. The van der Waals surface area contributed by atoms with E-state index >= 15 is 0 Å². The Balaban J connectivity index is 1.90. The molecule has 0 amide bonds. The maximum Gasteiger partial charge on any atom is 0.258 e. The van der Waals surface area contributed by atoms with E-state index in [0.717, 1.165) is 24.5 Å². The molecule has 2 aromatic heterocycles. The Hall–Kier alpha value is -3.35. The van der Waals surface area contributed by atoms with Crippen molar-refractivity contribution in [3.05, 3.63) is 81.0 Å². The van der Waals surface area contributed by atoms with Crippen molar-refractivity contribution in [1.82, 2.24) is 19.3 Å². The number of anilines is 1. The molecule has 4 aromatic rings. The van der Waals surface area contributed by atoms with E-state index in [4.69, 9.17) is 17.3 Å². The summed E-state index contributed by atoms with van der Waals surface area (Å²) in [4.78, 5) is 17.2. The fourth-order valence-corrected chi connectivity index (χ4v) is 4.52. The van der Waals surface area contributed by atoms with Crippen LogP contribution in [0.1, 0.15) is 17.4 Å². The number of nitrogens with zero attached hydrogens (tertiary/aromatic N) is 4. The number of sulfonamides is 1. The molecule has 0 aliphatic rings. The van der Waals surface area contributed by atoms with Crippen LogP contribution in [0.5, 0.6) is 0 Å². The Morgan fingerprint density at radius 2 is 1.85 bits per heavy atom. The molecule has 0 saturated carbocycles. The SMILES string of the molecule is Cn1nc(NS(C)(=O)=O)c2c(Cl)ccc(-n3c([C@@H](N)Cc4cc(F)cc(F)c4)nccc3=O)c21. The Kier molecular flexibility index (Phi) is 6.14. The van der Waals surface area contributed by atoms with Crippen molar-refractivity contribution in [2.24, 2.45) is 12.8 Å². The highest BCUT2D eigenvalue weighted by Gasteiger charge is 2.23. The maximum absolute atomic E-state index is 13.6. The number of rotatable bonds is 6. The van der Waals surface area contributed by atoms with Gasteiger partial charge < -0.3 is 5.73 Å². The molecule has 3 N–H and O–H groups in total. The van der Waals surface area contributed by atoms with Gasteiger partial charge in [0, 0.05) is 25.4 Å². The average molecular weight is 509 g/mol. The molecule has 2 heterocycles. The standard InChI is InChI=1S/C21H19ClF2N6O3S/c1-29-19-16(4-3-14(22)18(19)20(27-29)28-34(2,32)33)30-17(31)5-6-26-21(30)15(25)9-11-7-12(23)10-13(24)8-11/h3-8,10,15H,9,25H2,1-2H3,(H,27,28)/t15-/m0/s1. The van der Waals surface area contributed by atoms with E-state index in [9.17, 15) is 22.0 Å². The molecule has 0 fully saturated rings. The van der Waals surface area contributed by atoms with Gasteiger partial charge in [-0.25, -0.2) is 22.2 Å². The van der Waals surface area contributed by atoms with Crippen LogP contribution in [0.4, 0.5) is 14.6 Å². The van der Waals surface area contributed by atoms with Crippen molar-refractivity contribution >= 4 is 38.3 Å². The number of fused-ring (bicyclic) bond motifs is 1. The maximum atomic E-state index is 13.6. The molecule has 0 aliphatic carbocycles. The lowest BCUT2D eigenvalue weighted by molar-refractivity contribution is 0.572. The number of halogens is 3. The first-order valence-corrected chi connectivity index (χ1v) is 12.1. The minimum Gasteiger partial charge on any atom is -0.321 e. The number of aromatic nitrogens is 4. The van der Waals surface area contributed by atoms with Crippen LogP contribution in [0.3, 0.4) is 0 Å². The molecule has 0 spiro atoms. The second-order valence-corrected chi connectivity index (χ2v) is 9.86. The van der Waals surface area contributed by atoms with Gasteiger partial charge in [-0.2, -0.15) is 5.10 Å². The fourth-order valence-electron chi connectivity index (χ4n) is 3.79. The van der Waals surface area contributed by atoms with Crippen LogP contribution in [-0.2, 0) is 23.5 Å². The third kappa shape index (κ3) is 4.65. The number of aryl methyl sites for hydroxylation is 1. The van der Waals surface area contributed by atoms with Gasteiger partial charge in [-0.15, -0.1) is 0 Å². The summed E-state index contributed by atoms with van der Waals surface area (Å²) in [5, 5.41) is 4.68. The second-order valence-electron chi connectivity index (χ2n) is 7.70. The van der Waals surface area contributed by atoms with Crippen molar-refractivity contribution in [3.63, 3.8) is 0 Å². The zero-order valence-corrected chi connectivity index (χ0v) is 19.5. The molecule has 0 saturated heterocycles. The van der Waals surface area contributed by atoms with Crippen LogP contribution < -0.4 is 16.0 Å². The number of nitrogens with one attached hydrogen (secondary N) is 1. The van der Waals surface area contributed by atoms with E-state index in [1.165, 1.54) is 27.6 Å². The number of nitrogens with two attached hydrogens (primary N) is 1. The van der Waals surface area contributed by atoms with Gasteiger partial charge in [0.15, 0.2) is 5.82 Å². The summed E-state index contributed by atoms with van der Waals surface area (Å²) in [6.45, 7) is 0. The van der Waals surface area contributed by atoms with Crippen LogP contribution in [0.2, 0.25) is 5.02 Å². The van der Waals surface area contributed by atoms with Crippen LogP contribution in [0.15, 0.2) is 47.4 Å². The predicted molar refractivity (Wildman–Crippen MR) is 125 cm³/mol. The quantitative estimate of drug-likeness (QED) is 0.412. The van der Waals surface area contributed by atoms with E-state index in [1.807, 2.05) is 0 Å². The third-order valence-corrected chi connectivity index (χ3v) is 5.90. The first-order valence-electron chi connectivity index (χ1n) is 9.86. The Bertz CT molecular complexity index is 1570. The molecule has 178 valence electrons. The highest BCUT2D eigenvalue weighted by molar-refractivity contribution is 7.92. The van der Waals surface area contributed by atoms with Gasteiger partial charge in [0.1, 0.15) is 17.5 Å². The Morgan fingerprint density at radius 1 is 1.18 bits per heavy atom. The molecule has 0 unspecified atom stereocenters. The van der Waals surface area contributed by atoms with Gasteiger partial charge in [-0.1, -0.05) is 11.6 Å². The lowest BCUT2D eigenvalue weighted by Crippen LogP contribution is -2.28. The van der Waals surface area contributed by atoms with Gasteiger partial charge in [0.2, 0.25) is 10.0 Å². The van der Waals surface area contributed by atoms with Crippen molar-refractivity contribution < 1.29 is 17.2 Å². The molecular weight excluding hydrogens is 490 g/mol. The van der Waals surface area contributed by atoms with Crippen molar-refractivity contribution in [3.8, 4) is 5.69 Å². The summed E-state index contributed by atoms with van der Waals surface area (Å²) in [5.74, 6) is -1.38. The van der Waals surface area contributed by atoms with Gasteiger partial charge in [-0.3, -0.25) is 18.8 Å². The van der Waals surface area contributed by atoms with Gasteiger partial charge in [0.05, 0.1) is 33.9 Å². The number of hydrogen-bond donors (Lipinski definition) is 2. The Morgan fingerprint density at radius 3 is 2.50 bits per heavy atom. The molecule has 1 atom stereocenters. The molecule has 4 rings (SSSR count). The summed E-state index contributed by atoms with van der Waals surface area (Å²) in [7, 11) is -2.11. The smallest absolute Gasteiger partial charge is 0.258 e. The van der Waals surface area contributed by atoms with E-state index in [2.05, 4.69) is 14.8 Å². The zero-order chi connectivity index (χ0) is 24.8.